The Kier molecular flexibility index (Phi) is 5.26. The summed E-state index contributed by atoms with van der Waals surface area (Å²) < 4.78 is 26.4. The highest BCUT2D eigenvalue weighted by Crippen LogP contribution is 2.32. The molecule has 30 heavy (non-hydrogen) atoms. The maximum atomic E-state index is 13.2. The lowest BCUT2D eigenvalue weighted by Crippen LogP contribution is -2.05. The van der Waals surface area contributed by atoms with Crippen molar-refractivity contribution in [2.75, 3.05) is 5.32 Å². The molecule has 2 aromatic carbocycles. The number of aryl methyl sites for hydroxylation is 1. The number of benzene rings is 2. The molecular weight excluding hydrogens is 394 g/mol. The first-order chi connectivity index (χ1) is 14.4. The van der Waals surface area contributed by atoms with Gasteiger partial charge in [0.15, 0.2) is 0 Å². The quantitative estimate of drug-likeness (QED) is 0.455. The molecule has 0 spiro atoms. The van der Waals surface area contributed by atoms with Crippen LogP contribution in [0, 0.1) is 6.92 Å². The molecule has 0 aliphatic carbocycles. The number of nitrogens with one attached hydrogen (secondary N) is 1. The lowest BCUT2D eigenvalue weighted by molar-refractivity contribution is 0.596. The summed E-state index contributed by atoms with van der Waals surface area (Å²) in [6.45, 7) is 6.44. The molecule has 0 aliphatic heterocycles. The highest BCUT2D eigenvalue weighted by atomic mass is 32.2. The number of hydrogen-bond acceptors (Lipinski definition) is 5. The van der Waals surface area contributed by atoms with Crippen LogP contribution in [0.4, 0.5) is 11.5 Å². The molecule has 0 atom stereocenters. The van der Waals surface area contributed by atoms with Crippen LogP contribution in [-0.4, -0.2) is 18.4 Å². The van der Waals surface area contributed by atoms with Gasteiger partial charge in [-0.25, -0.2) is 13.4 Å². The van der Waals surface area contributed by atoms with Gasteiger partial charge in [0.2, 0.25) is 9.84 Å². The van der Waals surface area contributed by atoms with Gasteiger partial charge in [0.05, 0.1) is 9.79 Å². The molecule has 4 rings (SSSR count). The number of sulfone groups is 1. The summed E-state index contributed by atoms with van der Waals surface area (Å²) in [5.74, 6) is 1.08. The Morgan fingerprint density at radius 2 is 1.63 bits per heavy atom. The second kappa shape index (κ2) is 7.88. The molecule has 0 saturated heterocycles. The van der Waals surface area contributed by atoms with E-state index in [1.807, 2.05) is 30.3 Å². The first kappa shape index (κ1) is 20.0. The largest absolute Gasteiger partial charge is 0.340 e. The van der Waals surface area contributed by atoms with Crippen molar-refractivity contribution in [3.05, 3.63) is 84.3 Å². The highest BCUT2D eigenvalue weighted by Gasteiger charge is 2.22. The summed E-state index contributed by atoms with van der Waals surface area (Å²) in [6, 6.07) is 16.6. The number of aromatic nitrogens is 2. The van der Waals surface area contributed by atoms with Gasteiger partial charge in [-0.05, 0) is 48.2 Å². The third-order valence-electron chi connectivity index (χ3n) is 5.16. The molecule has 152 valence electrons. The van der Waals surface area contributed by atoms with Crippen molar-refractivity contribution in [3.8, 4) is 0 Å². The second-order valence-electron chi connectivity index (χ2n) is 7.55. The van der Waals surface area contributed by atoms with E-state index < -0.39 is 9.84 Å². The Balaban J connectivity index is 1.80. The van der Waals surface area contributed by atoms with Gasteiger partial charge < -0.3 is 5.32 Å². The van der Waals surface area contributed by atoms with E-state index >= 15 is 0 Å². The van der Waals surface area contributed by atoms with Gasteiger partial charge in [-0.1, -0.05) is 44.2 Å². The summed E-state index contributed by atoms with van der Waals surface area (Å²) in [5, 5.41) is 4.73. The van der Waals surface area contributed by atoms with Crippen LogP contribution in [0.5, 0.6) is 0 Å². The Hall–Kier alpha value is -3.25. The highest BCUT2D eigenvalue weighted by molar-refractivity contribution is 7.91. The molecule has 0 fully saturated rings. The van der Waals surface area contributed by atoms with Crippen molar-refractivity contribution >= 4 is 32.1 Å². The SMILES string of the molecule is Cc1cc(Nc2ncc(S(=O)(=O)c3ccncc3)c3ccccc23)ccc1C(C)C. The lowest BCUT2D eigenvalue weighted by atomic mass is 9.97. The van der Waals surface area contributed by atoms with Crippen LogP contribution in [0.1, 0.15) is 30.9 Å². The molecule has 2 aromatic heterocycles. The van der Waals surface area contributed by atoms with Crippen molar-refractivity contribution in [3.63, 3.8) is 0 Å². The minimum atomic E-state index is -3.71. The smallest absolute Gasteiger partial charge is 0.208 e. The zero-order valence-electron chi connectivity index (χ0n) is 17.1. The molecule has 0 amide bonds. The van der Waals surface area contributed by atoms with Gasteiger partial charge in [0.25, 0.3) is 0 Å². The number of rotatable bonds is 5. The number of fused-ring (bicyclic) bond motifs is 1. The van der Waals surface area contributed by atoms with Crippen LogP contribution in [0.15, 0.2) is 83.0 Å². The zero-order chi connectivity index (χ0) is 21.3. The Morgan fingerprint density at radius 1 is 0.933 bits per heavy atom. The lowest BCUT2D eigenvalue weighted by Gasteiger charge is -2.15. The predicted octanol–water partition coefficient (Wildman–Crippen LogP) is 5.64. The van der Waals surface area contributed by atoms with Crippen LogP contribution in [-0.2, 0) is 9.84 Å². The first-order valence-electron chi connectivity index (χ1n) is 9.78. The fourth-order valence-electron chi connectivity index (χ4n) is 3.66. The molecule has 0 saturated carbocycles. The van der Waals surface area contributed by atoms with E-state index in [0.29, 0.717) is 17.1 Å². The minimum absolute atomic E-state index is 0.182. The van der Waals surface area contributed by atoms with Crippen molar-refractivity contribution in [1.82, 2.24) is 9.97 Å². The van der Waals surface area contributed by atoms with Crippen LogP contribution < -0.4 is 5.32 Å². The zero-order valence-corrected chi connectivity index (χ0v) is 17.9. The van der Waals surface area contributed by atoms with Crippen LogP contribution in [0.25, 0.3) is 10.8 Å². The Morgan fingerprint density at radius 3 is 2.30 bits per heavy atom. The number of pyridine rings is 2. The summed E-state index contributed by atoms with van der Waals surface area (Å²) in [4.78, 5) is 8.77. The molecule has 6 heteroatoms. The molecule has 0 unspecified atom stereocenters. The third kappa shape index (κ3) is 3.66. The van der Waals surface area contributed by atoms with E-state index in [1.54, 1.807) is 0 Å². The van der Waals surface area contributed by atoms with Gasteiger partial charge in [-0.2, -0.15) is 0 Å². The molecule has 4 aromatic rings. The minimum Gasteiger partial charge on any atom is -0.340 e. The standard InChI is InChI=1S/C24H23N3O2S/c1-16(2)20-9-8-18(14-17(20)3)27-24-22-7-5-4-6-21(22)23(15-26-24)30(28,29)19-10-12-25-13-11-19/h4-16H,1-3H3,(H,26,27). The number of hydrogen-bond donors (Lipinski definition) is 1. The van der Waals surface area contributed by atoms with E-state index in [2.05, 4.69) is 48.2 Å². The second-order valence-corrected chi connectivity index (χ2v) is 9.47. The monoisotopic (exact) mass is 417 g/mol. The molecule has 1 N–H and O–H groups in total. The van der Waals surface area contributed by atoms with Crippen LogP contribution in [0.3, 0.4) is 0 Å². The maximum Gasteiger partial charge on any atom is 0.208 e. The fraction of sp³-hybridized carbons (Fsp3) is 0.167. The maximum absolute atomic E-state index is 13.2. The normalized spacial score (nSPS) is 11.7. The van der Waals surface area contributed by atoms with E-state index in [0.717, 1.165) is 11.1 Å². The first-order valence-corrected chi connectivity index (χ1v) is 11.3. The molecule has 5 nitrogen and oxygen atoms in total. The van der Waals surface area contributed by atoms with E-state index in [9.17, 15) is 8.42 Å². The van der Waals surface area contributed by atoms with Gasteiger partial charge in [-0.3, -0.25) is 4.98 Å². The molecule has 0 radical (unpaired) electrons. The Labute approximate surface area is 176 Å². The number of anilines is 2. The van der Waals surface area contributed by atoms with Crippen molar-refractivity contribution < 1.29 is 8.42 Å². The summed E-state index contributed by atoms with van der Waals surface area (Å²) >= 11 is 0. The third-order valence-corrected chi connectivity index (χ3v) is 6.96. The van der Waals surface area contributed by atoms with Gasteiger partial charge in [0.1, 0.15) is 5.82 Å². The van der Waals surface area contributed by atoms with Gasteiger partial charge in [-0.15, -0.1) is 0 Å². The fourth-order valence-corrected chi connectivity index (χ4v) is 5.06. The van der Waals surface area contributed by atoms with Crippen molar-refractivity contribution in [1.29, 1.82) is 0 Å². The predicted molar refractivity (Wildman–Crippen MR) is 120 cm³/mol. The summed E-state index contributed by atoms with van der Waals surface area (Å²) in [6.07, 6.45) is 4.37. The summed E-state index contributed by atoms with van der Waals surface area (Å²) in [7, 11) is -3.71. The van der Waals surface area contributed by atoms with E-state index in [1.165, 1.54) is 41.9 Å². The molecule has 2 heterocycles. The number of nitrogens with zero attached hydrogens (tertiary/aromatic N) is 2. The molecular formula is C24H23N3O2S. The van der Waals surface area contributed by atoms with Gasteiger partial charge >= 0.3 is 0 Å². The van der Waals surface area contributed by atoms with Gasteiger partial charge in [0, 0.05) is 35.1 Å². The topological polar surface area (TPSA) is 72.0 Å². The molecule has 0 aliphatic rings. The molecule has 0 bridgehead atoms. The Bertz CT molecular complexity index is 1320. The summed E-state index contributed by atoms with van der Waals surface area (Å²) in [5.41, 5.74) is 3.42. The van der Waals surface area contributed by atoms with Crippen molar-refractivity contribution in [2.24, 2.45) is 0 Å². The van der Waals surface area contributed by atoms with Crippen LogP contribution >= 0.6 is 0 Å². The van der Waals surface area contributed by atoms with Crippen molar-refractivity contribution in [2.45, 2.75) is 36.5 Å². The van der Waals surface area contributed by atoms with E-state index in [4.69, 9.17) is 0 Å². The average Bonchev–Trinajstić information content (AvgIpc) is 2.74. The van der Waals surface area contributed by atoms with E-state index in [-0.39, 0.29) is 9.79 Å². The van der Waals surface area contributed by atoms with Crippen LogP contribution in [0.2, 0.25) is 0 Å². The average molecular weight is 418 g/mol.